The minimum absolute atomic E-state index is 0.122. The summed E-state index contributed by atoms with van der Waals surface area (Å²) >= 11 is 5.90. The Kier molecular flexibility index (Phi) is 6.58. The van der Waals surface area contributed by atoms with Crippen molar-refractivity contribution in [1.82, 2.24) is 15.2 Å². The number of rotatable bonds is 6. The molecule has 5 nitrogen and oxygen atoms in total. The van der Waals surface area contributed by atoms with Gasteiger partial charge in [-0.25, -0.2) is 4.79 Å². The van der Waals surface area contributed by atoms with Crippen molar-refractivity contribution in [1.29, 1.82) is 0 Å². The van der Waals surface area contributed by atoms with Crippen LogP contribution in [-0.4, -0.2) is 36.6 Å². The number of nitrogens with zero attached hydrogens (tertiary/aromatic N) is 2. The molecule has 0 aliphatic heterocycles. The van der Waals surface area contributed by atoms with E-state index in [1.807, 2.05) is 37.3 Å². The van der Waals surface area contributed by atoms with E-state index >= 15 is 0 Å². The maximum absolute atomic E-state index is 12.4. The smallest absolute Gasteiger partial charge is 0.317 e. The van der Waals surface area contributed by atoms with Crippen LogP contribution in [0.25, 0.3) is 0 Å². The lowest BCUT2D eigenvalue weighted by Crippen LogP contribution is -2.40. The Labute approximate surface area is 147 Å². The molecule has 0 spiro atoms. The van der Waals surface area contributed by atoms with E-state index in [4.69, 9.17) is 16.3 Å². The molecular weight excluding hydrogens is 326 g/mol. The van der Waals surface area contributed by atoms with Crippen LogP contribution in [0.15, 0.2) is 48.7 Å². The first-order chi connectivity index (χ1) is 11.5. The Morgan fingerprint density at radius 1 is 1.29 bits per heavy atom. The molecule has 0 bridgehead atoms. The number of benzene rings is 1. The van der Waals surface area contributed by atoms with Crippen molar-refractivity contribution in [2.24, 2.45) is 0 Å². The van der Waals surface area contributed by atoms with E-state index < -0.39 is 0 Å². The van der Waals surface area contributed by atoms with Gasteiger partial charge < -0.3 is 15.0 Å². The van der Waals surface area contributed by atoms with Crippen LogP contribution in [0, 0.1) is 0 Å². The summed E-state index contributed by atoms with van der Waals surface area (Å²) < 4.78 is 5.46. The molecule has 0 radical (unpaired) electrons. The molecule has 0 saturated carbocycles. The van der Waals surface area contributed by atoms with E-state index in [2.05, 4.69) is 10.3 Å². The molecule has 1 aromatic heterocycles. The van der Waals surface area contributed by atoms with E-state index in [1.165, 1.54) is 0 Å². The molecule has 0 aliphatic rings. The van der Waals surface area contributed by atoms with Gasteiger partial charge >= 0.3 is 6.03 Å². The zero-order chi connectivity index (χ0) is 17.5. The fourth-order valence-electron chi connectivity index (χ4n) is 2.32. The number of nitrogens with one attached hydrogen (secondary N) is 1. The topological polar surface area (TPSA) is 54.5 Å². The Hall–Kier alpha value is -2.11. The highest BCUT2D eigenvalue weighted by molar-refractivity contribution is 6.30. The standard InChI is InChI=1S/C18H22ClN3O2/c1-13(16-6-4-5-11-20-16)22(2)18(23)21-12-17(24-3)14-7-9-15(19)10-8-14/h4-11,13,17H,12H2,1-3H3,(H,21,23)/t13-,17-/m0/s1. The van der Waals surface area contributed by atoms with Gasteiger partial charge in [-0.2, -0.15) is 0 Å². The number of carbonyl (C=O) groups is 1. The Balaban J connectivity index is 1.94. The molecule has 24 heavy (non-hydrogen) atoms. The van der Waals surface area contributed by atoms with E-state index in [0.717, 1.165) is 11.3 Å². The number of urea groups is 1. The Morgan fingerprint density at radius 2 is 2.00 bits per heavy atom. The van der Waals surface area contributed by atoms with Crippen LogP contribution in [0.3, 0.4) is 0 Å². The lowest BCUT2D eigenvalue weighted by atomic mass is 10.1. The minimum Gasteiger partial charge on any atom is -0.375 e. The summed E-state index contributed by atoms with van der Waals surface area (Å²) in [4.78, 5) is 18.3. The zero-order valence-corrected chi connectivity index (χ0v) is 14.8. The van der Waals surface area contributed by atoms with Crippen LogP contribution in [0.5, 0.6) is 0 Å². The van der Waals surface area contributed by atoms with E-state index in [9.17, 15) is 4.79 Å². The molecule has 2 atom stereocenters. The number of hydrogen-bond donors (Lipinski definition) is 1. The third-order valence-corrected chi connectivity index (χ3v) is 4.23. The molecule has 2 aromatic rings. The number of aromatic nitrogens is 1. The molecule has 1 aromatic carbocycles. The van der Waals surface area contributed by atoms with Crippen molar-refractivity contribution in [3.63, 3.8) is 0 Å². The van der Waals surface area contributed by atoms with Gasteiger partial charge in [0.15, 0.2) is 0 Å². The van der Waals surface area contributed by atoms with Crippen LogP contribution in [0.2, 0.25) is 5.02 Å². The van der Waals surface area contributed by atoms with Gasteiger partial charge in [0, 0.05) is 31.9 Å². The van der Waals surface area contributed by atoms with Crippen LogP contribution in [0.4, 0.5) is 4.79 Å². The number of hydrogen-bond acceptors (Lipinski definition) is 3. The van der Waals surface area contributed by atoms with Gasteiger partial charge in [0.25, 0.3) is 0 Å². The molecule has 0 fully saturated rings. The molecule has 1 N–H and O–H groups in total. The highest BCUT2D eigenvalue weighted by Crippen LogP contribution is 2.19. The summed E-state index contributed by atoms with van der Waals surface area (Å²) in [6.45, 7) is 2.31. The van der Waals surface area contributed by atoms with Gasteiger partial charge in [0.2, 0.25) is 0 Å². The predicted octanol–water partition coefficient (Wildman–Crippen LogP) is 3.83. The highest BCUT2D eigenvalue weighted by atomic mass is 35.5. The number of pyridine rings is 1. The third-order valence-electron chi connectivity index (χ3n) is 3.98. The largest absolute Gasteiger partial charge is 0.375 e. The van der Waals surface area contributed by atoms with Gasteiger partial charge in [-0.3, -0.25) is 4.98 Å². The minimum atomic E-state index is -0.232. The van der Waals surface area contributed by atoms with Crippen LogP contribution in [-0.2, 0) is 4.74 Å². The number of halogens is 1. The SMILES string of the molecule is CO[C@@H](CNC(=O)N(C)[C@@H](C)c1ccccn1)c1ccc(Cl)cc1. The van der Waals surface area contributed by atoms with Gasteiger partial charge in [-0.15, -0.1) is 0 Å². The van der Waals surface area contributed by atoms with Crippen molar-refractivity contribution in [2.45, 2.75) is 19.1 Å². The van der Waals surface area contributed by atoms with Crippen LogP contribution >= 0.6 is 11.6 Å². The summed E-state index contributed by atoms with van der Waals surface area (Å²) in [5, 5.41) is 3.57. The normalized spacial score (nSPS) is 13.2. The highest BCUT2D eigenvalue weighted by Gasteiger charge is 2.19. The second-order valence-corrected chi connectivity index (χ2v) is 5.94. The molecule has 1 heterocycles. The van der Waals surface area contributed by atoms with Gasteiger partial charge in [-0.05, 0) is 36.8 Å². The summed E-state index contributed by atoms with van der Waals surface area (Å²) in [7, 11) is 3.37. The average molecular weight is 348 g/mol. The number of amides is 2. The Morgan fingerprint density at radius 3 is 2.58 bits per heavy atom. The molecular formula is C18H22ClN3O2. The summed E-state index contributed by atoms with van der Waals surface area (Å²) in [6.07, 6.45) is 1.49. The predicted molar refractivity (Wildman–Crippen MR) is 95.0 cm³/mol. The van der Waals surface area contributed by atoms with E-state index in [0.29, 0.717) is 11.6 Å². The summed E-state index contributed by atoms with van der Waals surface area (Å²) in [5.41, 5.74) is 1.80. The van der Waals surface area contributed by atoms with Crippen molar-refractivity contribution in [2.75, 3.05) is 20.7 Å². The molecule has 0 saturated heterocycles. The first-order valence-corrected chi connectivity index (χ1v) is 8.10. The van der Waals surface area contributed by atoms with Crippen LogP contribution in [0.1, 0.15) is 30.3 Å². The zero-order valence-electron chi connectivity index (χ0n) is 14.1. The number of carbonyl (C=O) groups excluding carboxylic acids is 1. The first kappa shape index (κ1) is 18.2. The molecule has 2 amide bonds. The van der Waals surface area contributed by atoms with E-state index in [-0.39, 0.29) is 18.2 Å². The van der Waals surface area contributed by atoms with Crippen molar-refractivity contribution >= 4 is 17.6 Å². The lowest BCUT2D eigenvalue weighted by molar-refractivity contribution is 0.101. The summed E-state index contributed by atoms with van der Waals surface area (Å²) in [6, 6.07) is 12.8. The van der Waals surface area contributed by atoms with Crippen LogP contribution < -0.4 is 5.32 Å². The number of ether oxygens (including phenoxy) is 1. The summed E-state index contributed by atoms with van der Waals surface area (Å²) in [5.74, 6) is 0. The monoisotopic (exact) mass is 347 g/mol. The molecule has 0 aliphatic carbocycles. The van der Waals surface area contributed by atoms with Gasteiger partial charge in [-0.1, -0.05) is 29.8 Å². The van der Waals surface area contributed by atoms with Crippen molar-refractivity contribution in [3.05, 3.63) is 64.9 Å². The second kappa shape index (κ2) is 8.66. The molecule has 2 rings (SSSR count). The maximum atomic E-state index is 12.4. The lowest BCUT2D eigenvalue weighted by Gasteiger charge is -2.26. The fourth-order valence-corrected chi connectivity index (χ4v) is 2.44. The van der Waals surface area contributed by atoms with Gasteiger partial charge in [0.05, 0.1) is 17.8 Å². The second-order valence-electron chi connectivity index (χ2n) is 5.50. The quantitative estimate of drug-likeness (QED) is 0.864. The maximum Gasteiger partial charge on any atom is 0.317 e. The molecule has 128 valence electrons. The third kappa shape index (κ3) is 4.69. The van der Waals surface area contributed by atoms with Crippen molar-refractivity contribution < 1.29 is 9.53 Å². The molecule has 6 heteroatoms. The van der Waals surface area contributed by atoms with Crippen molar-refractivity contribution in [3.8, 4) is 0 Å². The van der Waals surface area contributed by atoms with E-state index in [1.54, 1.807) is 37.4 Å². The Bertz CT molecular complexity index is 649. The molecule has 0 unspecified atom stereocenters. The first-order valence-electron chi connectivity index (χ1n) is 7.72. The van der Waals surface area contributed by atoms with Gasteiger partial charge in [0.1, 0.15) is 0 Å². The average Bonchev–Trinajstić information content (AvgIpc) is 2.62. The fraction of sp³-hybridized carbons (Fsp3) is 0.333. The number of methoxy groups -OCH3 is 1.